The van der Waals surface area contributed by atoms with Gasteiger partial charge in [-0.1, -0.05) is 18.2 Å². The van der Waals surface area contributed by atoms with Gasteiger partial charge in [0.1, 0.15) is 0 Å². The van der Waals surface area contributed by atoms with Crippen LogP contribution >= 0.6 is 11.8 Å². The SMILES string of the molecule is Cc1ccccc1SCCCCN. The highest BCUT2D eigenvalue weighted by Crippen LogP contribution is 2.22. The summed E-state index contributed by atoms with van der Waals surface area (Å²) in [6.07, 6.45) is 2.36. The van der Waals surface area contributed by atoms with E-state index >= 15 is 0 Å². The van der Waals surface area contributed by atoms with Crippen LogP contribution in [-0.4, -0.2) is 12.3 Å². The second-order valence-corrected chi connectivity index (χ2v) is 4.25. The fourth-order valence-electron chi connectivity index (χ4n) is 1.15. The maximum absolute atomic E-state index is 5.43. The summed E-state index contributed by atoms with van der Waals surface area (Å²) in [5.41, 5.74) is 6.80. The fourth-order valence-corrected chi connectivity index (χ4v) is 2.19. The number of hydrogen-bond acceptors (Lipinski definition) is 2. The van der Waals surface area contributed by atoms with Gasteiger partial charge in [-0.05, 0) is 43.7 Å². The van der Waals surface area contributed by atoms with Crippen LogP contribution in [0.25, 0.3) is 0 Å². The molecule has 1 aromatic rings. The molecule has 0 aliphatic rings. The van der Waals surface area contributed by atoms with Crippen LogP contribution in [0.1, 0.15) is 18.4 Å². The van der Waals surface area contributed by atoms with Crippen molar-refractivity contribution in [1.29, 1.82) is 0 Å². The van der Waals surface area contributed by atoms with Gasteiger partial charge in [-0.25, -0.2) is 0 Å². The average Bonchev–Trinajstić information content (AvgIpc) is 2.15. The van der Waals surface area contributed by atoms with Crippen molar-refractivity contribution in [2.45, 2.75) is 24.7 Å². The molecule has 0 saturated carbocycles. The Kier molecular flexibility index (Phi) is 4.94. The van der Waals surface area contributed by atoms with Gasteiger partial charge in [-0.3, -0.25) is 0 Å². The first-order valence-electron chi connectivity index (χ1n) is 4.73. The second kappa shape index (κ2) is 6.06. The number of hydrogen-bond donors (Lipinski definition) is 1. The van der Waals surface area contributed by atoms with Crippen LogP contribution in [-0.2, 0) is 0 Å². The van der Waals surface area contributed by atoms with Gasteiger partial charge in [-0.2, -0.15) is 0 Å². The maximum Gasteiger partial charge on any atom is 0.0101 e. The lowest BCUT2D eigenvalue weighted by molar-refractivity contribution is 0.814. The molecule has 0 saturated heterocycles. The summed E-state index contributed by atoms with van der Waals surface area (Å²) in [5.74, 6) is 1.18. The van der Waals surface area contributed by atoms with Crippen LogP contribution in [0, 0.1) is 6.92 Å². The molecule has 1 aromatic carbocycles. The molecule has 1 nitrogen and oxygen atoms in total. The van der Waals surface area contributed by atoms with Crippen LogP contribution in [0.15, 0.2) is 29.2 Å². The largest absolute Gasteiger partial charge is 0.330 e. The van der Waals surface area contributed by atoms with Crippen LogP contribution in [0.2, 0.25) is 0 Å². The molecule has 0 heterocycles. The molecule has 0 radical (unpaired) electrons. The molecule has 0 amide bonds. The highest BCUT2D eigenvalue weighted by Gasteiger charge is 1.96. The zero-order chi connectivity index (χ0) is 9.52. The number of unbranched alkanes of at least 4 members (excludes halogenated alkanes) is 1. The van der Waals surface area contributed by atoms with Crippen LogP contribution in [0.3, 0.4) is 0 Å². The molecule has 2 N–H and O–H groups in total. The summed E-state index contributed by atoms with van der Waals surface area (Å²) in [6.45, 7) is 2.97. The van der Waals surface area contributed by atoms with Gasteiger partial charge in [0.2, 0.25) is 0 Å². The van der Waals surface area contributed by atoms with E-state index in [-0.39, 0.29) is 0 Å². The van der Waals surface area contributed by atoms with Crippen molar-refractivity contribution >= 4 is 11.8 Å². The third kappa shape index (κ3) is 3.83. The van der Waals surface area contributed by atoms with E-state index in [0.29, 0.717) is 0 Å². The van der Waals surface area contributed by atoms with Gasteiger partial charge in [0, 0.05) is 4.90 Å². The lowest BCUT2D eigenvalue weighted by Crippen LogP contribution is -1.98. The molecule has 0 spiro atoms. The molecule has 13 heavy (non-hydrogen) atoms. The number of rotatable bonds is 5. The van der Waals surface area contributed by atoms with Crippen LogP contribution in [0.5, 0.6) is 0 Å². The standard InChI is InChI=1S/C11H17NS/c1-10-6-2-3-7-11(10)13-9-5-4-8-12/h2-3,6-7H,4-5,8-9,12H2,1H3. The van der Waals surface area contributed by atoms with E-state index in [1.807, 2.05) is 11.8 Å². The Morgan fingerprint density at radius 3 is 2.69 bits per heavy atom. The minimum absolute atomic E-state index is 0.814. The number of thioether (sulfide) groups is 1. The van der Waals surface area contributed by atoms with Crippen molar-refractivity contribution in [2.24, 2.45) is 5.73 Å². The Morgan fingerprint density at radius 1 is 1.23 bits per heavy atom. The molecule has 0 aromatic heterocycles. The predicted octanol–water partition coefficient (Wildman–Crippen LogP) is 2.83. The first-order chi connectivity index (χ1) is 6.34. The smallest absolute Gasteiger partial charge is 0.0101 e. The highest BCUT2D eigenvalue weighted by molar-refractivity contribution is 7.99. The highest BCUT2D eigenvalue weighted by atomic mass is 32.2. The van der Waals surface area contributed by atoms with Crippen molar-refractivity contribution in [3.05, 3.63) is 29.8 Å². The topological polar surface area (TPSA) is 26.0 Å². The van der Waals surface area contributed by atoms with E-state index in [4.69, 9.17) is 5.73 Å². The van der Waals surface area contributed by atoms with Crippen molar-refractivity contribution in [3.63, 3.8) is 0 Å². The molecular weight excluding hydrogens is 178 g/mol. The van der Waals surface area contributed by atoms with Gasteiger partial charge < -0.3 is 5.73 Å². The van der Waals surface area contributed by atoms with E-state index in [9.17, 15) is 0 Å². The summed E-state index contributed by atoms with van der Waals surface area (Å²) in [5, 5.41) is 0. The molecule has 0 bridgehead atoms. The fraction of sp³-hybridized carbons (Fsp3) is 0.455. The Morgan fingerprint density at radius 2 is 2.00 bits per heavy atom. The zero-order valence-electron chi connectivity index (χ0n) is 8.12. The van der Waals surface area contributed by atoms with E-state index in [2.05, 4.69) is 31.2 Å². The van der Waals surface area contributed by atoms with Gasteiger partial charge in [0.15, 0.2) is 0 Å². The first kappa shape index (κ1) is 10.6. The summed E-state index contributed by atoms with van der Waals surface area (Å²) in [4.78, 5) is 1.40. The molecule has 72 valence electrons. The third-order valence-corrected chi connectivity index (χ3v) is 3.21. The minimum atomic E-state index is 0.814. The van der Waals surface area contributed by atoms with Gasteiger partial charge in [0.05, 0.1) is 0 Å². The van der Waals surface area contributed by atoms with Crippen LogP contribution < -0.4 is 5.73 Å². The molecule has 0 fully saturated rings. The van der Waals surface area contributed by atoms with E-state index < -0.39 is 0 Å². The monoisotopic (exact) mass is 195 g/mol. The molecule has 0 atom stereocenters. The van der Waals surface area contributed by atoms with Gasteiger partial charge >= 0.3 is 0 Å². The summed E-state index contributed by atoms with van der Waals surface area (Å²) < 4.78 is 0. The summed E-state index contributed by atoms with van der Waals surface area (Å²) >= 11 is 1.93. The average molecular weight is 195 g/mol. The lowest BCUT2D eigenvalue weighted by atomic mass is 10.2. The molecule has 0 aliphatic carbocycles. The van der Waals surface area contributed by atoms with E-state index in [1.54, 1.807) is 0 Å². The van der Waals surface area contributed by atoms with E-state index in [1.165, 1.54) is 22.6 Å². The Labute approximate surface area is 84.7 Å². The van der Waals surface area contributed by atoms with Crippen molar-refractivity contribution < 1.29 is 0 Å². The molecule has 1 rings (SSSR count). The summed E-state index contributed by atoms with van der Waals surface area (Å²) in [7, 11) is 0. The second-order valence-electron chi connectivity index (χ2n) is 3.11. The van der Waals surface area contributed by atoms with Crippen LogP contribution in [0.4, 0.5) is 0 Å². The molecule has 0 aliphatic heterocycles. The predicted molar refractivity (Wildman–Crippen MR) is 60.2 cm³/mol. The lowest BCUT2D eigenvalue weighted by Gasteiger charge is -2.03. The van der Waals surface area contributed by atoms with Gasteiger partial charge in [0.25, 0.3) is 0 Å². The number of benzene rings is 1. The quantitative estimate of drug-likeness (QED) is 0.577. The Balaban J connectivity index is 2.32. The van der Waals surface area contributed by atoms with Crippen molar-refractivity contribution in [3.8, 4) is 0 Å². The maximum atomic E-state index is 5.43. The van der Waals surface area contributed by atoms with E-state index in [0.717, 1.165) is 13.0 Å². The van der Waals surface area contributed by atoms with Crippen molar-refractivity contribution in [2.75, 3.05) is 12.3 Å². The first-order valence-corrected chi connectivity index (χ1v) is 5.71. The third-order valence-electron chi connectivity index (χ3n) is 1.95. The molecular formula is C11H17NS. The Bertz CT molecular complexity index is 248. The Hall–Kier alpha value is -0.470. The normalized spacial score (nSPS) is 10.3. The summed E-state index contributed by atoms with van der Waals surface area (Å²) in [6, 6.07) is 8.52. The number of nitrogens with two attached hydrogens (primary N) is 1. The number of aryl methyl sites for hydroxylation is 1. The minimum Gasteiger partial charge on any atom is -0.330 e. The van der Waals surface area contributed by atoms with Gasteiger partial charge in [-0.15, -0.1) is 11.8 Å². The van der Waals surface area contributed by atoms with Crippen molar-refractivity contribution in [1.82, 2.24) is 0 Å². The molecule has 0 unspecified atom stereocenters. The molecule has 2 heteroatoms. The zero-order valence-corrected chi connectivity index (χ0v) is 8.94.